The van der Waals surface area contributed by atoms with Crippen LogP contribution in [0, 0.1) is 0 Å². The molecule has 1 atom stereocenters. The number of hydrogen-bond donors (Lipinski definition) is 3. The summed E-state index contributed by atoms with van der Waals surface area (Å²) in [5.74, 6) is 0. The summed E-state index contributed by atoms with van der Waals surface area (Å²) in [6.45, 7) is 1.93. The molecule has 3 N–H and O–H groups in total. The zero-order valence-corrected chi connectivity index (χ0v) is 11.4. The lowest BCUT2D eigenvalue weighted by Crippen LogP contribution is -2.49. The molecular formula is C15H22N2O2. The summed E-state index contributed by atoms with van der Waals surface area (Å²) in [4.78, 5) is 11.9. The molecule has 0 saturated heterocycles. The highest BCUT2D eigenvalue weighted by atomic mass is 16.3. The van der Waals surface area contributed by atoms with Crippen LogP contribution in [0.3, 0.4) is 0 Å². The topological polar surface area (TPSA) is 61.4 Å². The molecule has 1 fully saturated rings. The number of hydrogen-bond acceptors (Lipinski definition) is 2. The number of carbonyl (C=O) groups excluding carboxylic acids is 1. The first-order valence-corrected chi connectivity index (χ1v) is 6.92. The zero-order valence-electron chi connectivity index (χ0n) is 11.4. The highest BCUT2D eigenvalue weighted by Crippen LogP contribution is 2.38. The normalized spacial score (nSPS) is 18.8. The van der Waals surface area contributed by atoms with E-state index in [1.807, 2.05) is 18.2 Å². The fourth-order valence-corrected chi connectivity index (χ4v) is 2.72. The summed E-state index contributed by atoms with van der Waals surface area (Å²) in [7, 11) is 0. The van der Waals surface area contributed by atoms with Gasteiger partial charge < -0.3 is 15.7 Å². The average molecular weight is 262 g/mol. The molecule has 4 heteroatoms. The zero-order chi connectivity index (χ0) is 13.7. The largest absolute Gasteiger partial charge is 0.392 e. The molecule has 2 amide bonds. The summed E-state index contributed by atoms with van der Waals surface area (Å²) in [6, 6.07) is 9.93. The van der Waals surface area contributed by atoms with E-state index in [-0.39, 0.29) is 18.1 Å². The Balaban J connectivity index is 2.06. The van der Waals surface area contributed by atoms with Crippen LogP contribution >= 0.6 is 0 Å². The van der Waals surface area contributed by atoms with Crippen molar-refractivity contribution in [2.24, 2.45) is 0 Å². The van der Waals surface area contributed by atoms with Crippen LogP contribution in [0.25, 0.3) is 0 Å². The second kappa shape index (κ2) is 6.06. The first-order chi connectivity index (χ1) is 9.12. The Morgan fingerprint density at radius 2 is 1.95 bits per heavy atom. The lowest BCUT2D eigenvalue weighted by atomic mass is 9.88. The Labute approximate surface area is 114 Å². The van der Waals surface area contributed by atoms with E-state index in [0.29, 0.717) is 0 Å². The van der Waals surface area contributed by atoms with Crippen molar-refractivity contribution in [3.8, 4) is 0 Å². The number of benzene rings is 1. The van der Waals surface area contributed by atoms with Crippen LogP contribution in [0.5, 0.6) is 0 Å². The third-order valence-electron chi connectivity index (χ3n) is 3.69. The van der Waals surface area contributed by atoms with Gasteiger partial charge in [-0.2, -0.15) is 0 Å². The van der Waals surface area contributed by atoms with E-state index in [4.69, 9.17) is 0 Å². The van der Waals surface area contributed by atoms with E-state index >= 15 is 0 Å². The van der Waals surface area contributed by atoms with E-state index in [9.17, 15) is 9.90 Å². The smallest absolute Gasteiger partial charge is 0.315 e. The molecule has 1 aliphatic rings. The van der Waals surface area contributed by atoms with Gasteiger partial charge >= 0.3 is 6.03 Å². The minimum absolute atomic E-state index is 0.202. The van der Waals surface area contributed by atoms with Crippen LogP contribution in [0.4, 0.5) is 4.79 Å². The van der Waals surface area contributed by atoms with Crippen LogP contribution in [-0.4, -0.2) is 23.8 Å². The first kappa shape index (κ1) is 13.9. The third-order valence-corrected chi connectivity index (χ3v) is 3.69. The van der Waals surface area contributed by atoms with Gasteiger partial charge in [-0.1, -0.05) is 43.2 Å². The van der Waals surface area contributed by atoms with Gasteiger partial charge in [0.05, 0.1) is 11.6 Å². The molecule has 0 spiro atoms. The number of urea groups is 1. The molecule has 1 unspecified atom stereocenters. The Bertz CT molecular complexity index is 411. The Morgan fingerprint density at radius 3 is 2.53 bits per heavy atom. The molecule has 0 aliphatic heterocycles. The van der Waals surface area contributed by atoms with Gasteiger partial charge in [0.1, 0.15) is 0 Å². The van der Waals surface area contributed by atoms with Crippen molar-refractivity contribution >= 4 is 6.03 Å². The van der Waals surface area contributed by atoms with Crippen LogP contribution < -0.4 is 10.6 Å². The predicted molar refractivity (Wildman–Crippen MR) is 74.8 cm³/mol. The van der Waals surface area contributed by atoms with E-state index in [0.717, 1.165) is 25.7 Å². The van der Waals surface area contributed by atoms with Crippen molar-refractivity contribution in [2.75, 3.05) is 6.54 Å². The molecule has 0 aromatic heterocycles. The Hall–Kier alpha value is -1.55. The van der Waals surface area contributed by atoms with Crippen molar-refractivity contribution in [3.05, 3.63) is 35.9 Å². The fraction of sp³-hybridized carbons (Fsp3) is 0.533. The van der Waals surface area contributed by atoms with Gasteiger partial charge in [-0.3, -0.25) is 0 Å². The summed E-state index contributed by atoms with van der Waals surface area (Å²) in [6.07, 6.45) is 3.68. The molecule has 1 aliphatic carbocycles. The van der Waals surface area contributed by atoms with Crippen molar-refractivity contribution in [1.29, 1.82) is 0 Å². The predicted octanol–water partition coefficient (Wildman–Crippen LogP) is 2.14. The third kappa shape index (κ3) is 3.47. The van der Waals surface area contributed by atoms with Crippen LogP contribution in [0.15, 0.2) is 30.3 Å². The van der Waals surface area contributed by atoms with Crippen molar-refractivity contribution in [3.63, 3.8) is 0 Å². The standard InChI is InChI=1S/C15H22N2O2/c1-12(18)11-16-14(19)17-15(9-5-6-10-15)13-7-3-2-4-8-13/h2-4,7-8,12,18H,5-6,9-11H2,1H3,(H2,16,17,19). The summed E-state index contributed by atoms with van der Waals surface area (Å²) < 4.78 is 0. The van der Waals surface area contributed by atoms with Crippen LogP contribution in [-0.2, 0) is 5.54 Å². The van der Waals surface area contributed by atoms with Gasteiger partial charge in [0.25, 0.3) is 0 Å². The van der Waals surface area contributed by atoms with Crippen LogP contribution in [0.2, 0.25) is 0 Å². The minimum Gasteiger partial charge on any atom is -0.392 e. The van der Waals surface area contributed by atoms with Gasteiger partial charge in [-0.15, -0.1) is 0 Å². The molecule has 0 heterocycles. The monoisotopic (exact) mass is 262 g/mol. The number of carbonyl (C=O) groups is 1. The summed E-state index contributed by atoms with van der Waals surface area (Å²) >= 11 is 0. The Kier molecular flexibility index (Phi) is 4.43. The Morgan fingerprint density at radius 1 is 1.32 bits per heavy atom. The first-order valence-electron chi connectivity index (χ1n) is 6.92. The molecule has 2 rings (SSSR count). The lowest BCUT2D eigenvalue weighted by Gasteiger charge is -2.31. The number of rotatable bonds is 4. The maximum atomic E-state index is 11.9. The van der Waals surface area contributed by atoms with Gasteiger partial charge in [0.2, 0.25) is 0 Å². The maximum Gasteiger partial charge on any atom is 0.315 e. The van der Waals surface area contributed by atoms with Crippen LogP contribution in [0.1, 0.15) is 38.2 Å². The SMILES string of the molecule is CC(O)CNC(=O)NC1(c2ccccc2)CCCC1. The van der Waals surface area contributed by atoms with Gasteiger partial charge in [0.15, 0.2) is 0 Å². The molecular weight excluding hydrogens is 240 g/mol. The summed E-state index contributed by atoms with van der Waals surface area (Å²) in [5.41, 5.74) is 0.920. The molecule has 4 nitrogen and oxygen atoms in total. The lowest BCUT2D eigenvalue weighted by molar-refractivity contribution is 0.183. The van der Waals surface area contributed by atoms with Crippen molar-refractivity contribution < 1.29 is 9.90 Å². The molecule has 1 aromatic carbocycles. The van der Waals surface area contributed by atoms with Gasteiger partial charge in [-0.25, -0.2) is 4.79 Å². The van der Waals surface area contributed by atoms with Gasteiger partial charge in [-0.05, 0) is 25.3 Å². The molecule has 1 aromatic rings. The fourth-order valence-electron chi connectivity index (χ4n) is 2.72. The highest BCUT2D eigenvalue weighted by molar-refractivity contribution is 5.75. The van der Waals surface area contributed by atoms with E-state index in [2.05, 4.69) is 22.8 Å². The molecule has 104 valence electrons. The van der Waals surface area contributed by atoms with E-state index in [1.165, 1.54) is 5.56 Å². The number of aliphatic hydroxyl groups excluding tert-OH is 1. The number of aliphatic hydroxyl groups is 1. The quantitative estimate of drug-likeness (QED) is 0.778. The average Bonchev–Trinajstić information content (AvgIpc) is 2.87. The second-order valence-corrected chi connectivity index (χ2v) is 5.34. The molecule has 0 bridgehead atoms. The minimum atomic E-state index is -0.526. The molecule has 0 radical (unpaired) electrons. The number of nitrogens with one attached hydrogen (secondary N) is 2. The highest BCUT2D eigenvalue weighted by Gasteiger charge is 2.36. The van der Waals surface area contributed by atoms with E-state index < -0.39 is 6.10 Å². The van der Waals surface area contributed by atoms with E-state index in [1.54, 1.807) is 6.92 Å². The summed E-state index contributed by atoms with van der Waals surface area (Å²) in [5, 5.41) is 15.0. The maximum absolute atomic E-state index is 11.9. The number of amides is 2. The van der Waals surface area contributed by atoms with Crippen molar-refractivity contribution in [1.82, 2.24) is 10.6 Å². The van der Waals surface area contributed by atoms with Gasteiger partial charge in [0, 0.05) is 6.54 Å². The molecule has 1 saturated carbocycles. The molecule has 19 heavy (non-hydrogen) atoms. The van der Waals surface area contributed by atoms with Crippen molar-refractivity contribution in [2.45, 2.75) is 44.2 Å². The second-order valence-electron chi connectivity index (χ2n) is 5.34.